The maximum absolute atomic E-state index is 11.7. The molecule has 1 rings (SSSR count). The fourth-order valence-electron chi connectivity index (χ4n) is 2.02. The van der Waals surface area contributed by atoms with Gasteiger partial charge in [-0.3, -0.25) is 4.79 Å². The van der Waals surface area contributed by atoms with E-state index in [4.69, 9.17) is 10.7 Å². The fraction of sp³-hybridized carbons (Fsp3) is 0.364. The van der Waals surface area contributed by atoms with Gasteiger partial charge in [0.25, 0.3) is 15.0 Å². The first kappa shape index (κ1) is 14.0. The normalized spacial score (nSPS) is 11.4. The van der Waals surface area contributed by atoms with Gasteiger partial charge in [0.05, 0.1) is 4.90 Å². The minimum absolute atomic E-state index is 0.0170. The predicted molar refractivity (Wildman–Crippen MR) is 67.1 cm³/mol. The van der Waals surface area contributed by atoms with Gasteiger partial charge in [0.15, 0.2) is 0 Å². The predicted octanol–water partition coefficient (Wildman–Crippen LogP) is 1.90. The first-order valence-corrected chi connectivity index (χ1v) is 7.28. The van der Waals surface area contributed by atoms with E-state index in [0.29, 0.717) is 16.7 Å². The monoisotopic (exact) mass is 275 g/mol. The van der Waals surface area contributed by atoms with Crippen molar-refractivity contribution in [3.63, 3.8) is 0 Å². The average Bonchev–Trinajstić information content (AvgIpc) is 2.13. The minimum atomic E-state index is -3.85. The lowest BCUT2D eigenvalue weighted by Gasteiger charge is -2.14. The van der Waals surface area contributed by atoms with E-state index in [1.807, 2.05) is 0 Å². The molecule has 0 aliphatic heterocycles. The molecule has 1 amide bonds. The van der Waals surface area contributed by atoms with Crippen LogP contribution >= 0.6 is 10.7 Å². The van der Waals surface area contributed by atoms with Crippen LogP contribution in [0.15, 0.2) is 11.0 Å². The molecule has 0 aliphatic carbocycles. The van der Waals surface area contributed by atoms with Crippen molar-refractivity contribution in [2.45, 2.75) is 25.7 Å². The molecular weight excluding hydrogens is 262 g/mol. The molecule has 94 valence electrons. The lowest BCUT2D eigenvalue weighted by Crippen LogP contribution is -2.21. The highest BCUT2D eigenvalue weighted by Crippen LogP contribution is 2.28. The molecule has 0 heterocycles. The maximum Gasteiger partial charge on any atom is 0.261 e. The number of rotatable bonds is 2. The van der Waals surface area contributed by atoms with E-state index in [-0.39, 0.29) is 10.8 Å². The zero-order valence-corrected chi connectivity index (χ0v) is 11.7. The number of amides is 1. The van der Waals surface area contributed by atoms with E-state index in [1.54, 1.807) is 26.8 Å². The molecule has 0 spiro atoms. The number of nitrogens with one attached hydrogen (secondary N) is 1. The van der Waals surface area contributed by atoms with Gasteiger partial charge in [0.2, 0.25) is 0 Å². The van der Waals surface area contributed by atoms with Gasteiger partial charge in [0.1, 0.15) is 0 Å². The van der Waals surface area contributed by atoms with Crippen LogP contribution < -0.4 is 5.32 Å². The van der Waals surface area contributed by atoms with Crippen molar-refractivity contribution >= 4 is 25.6 Å². The molecule has 0 fully saturated rings. The number of aryl methyl sites for hydroxylation is 2. The van der Waals surface area contributed by atoms with Crippen molar-refractivity contribution in [3.8, 4) is 0 Å². The van der Waals surface area contributed by atoms with Crippen LogP contribution in [0.4, 0.5) is 0 Å². The summed E-state index contributed by atoms with van der Waals surface area (Å²) in [6, 6.07) is 1.65. The van der Waals surface area contributed by atoms with Gasteiger partial charge in [-0.1, -0.05) is 6.07 Å². The van der Waals surface area contributed by atoms with Crippen LogP contribution in [0.5, 0.6) is 0 Å². The lowest BCUT2D eigenvalue weighted by atomic mass is 9.99. The summed E-state index contributed by atoms with van der Waals surface area (Å²) in [5.41, 5.74) is 2.01. The van der Waals surface area contributed by atoms with Gasteiger partial charge >= 0.3 is 0 Å². The Morgan fingerprint density at radius 3 is 2.18 bits per heavy atom. The first-order valence-electron chi connectivity index (χ1n) is 4.97. The fourth-order valence-corrected chi connectivity index (χ4v) is 3.64. The molecule has 0 unspecified atom stereocenters. The molecule has 0 radical (unpaired) electrons. The van der Waals surface area contributed by atoms with Crippen LogP contribution in [0.2, 0.25) is 0 Å². The Bertz CT molecular complexity index is 579. The zero-order valence-electron chi connectivity index (χ0n) is 10.1. The number of hydrogen-bond donors (Lipinski definition) is 1. The molecule has 1 aromatic rings. The van der Waals surface area contributed by atoms with Crippen molar-refractivity contribution in [3.05, 3.63) is 28.3 Å². The summed E-state index contributed by atoms with van der Waals surface area (Å²) in [6.07, 6.45) is 0. The summed E-state index contributed by atoms with van der Waals surface area (Å²) in [5.74, 6) is -0.318. The summed E-state index contributed by atoms with van der Waals surface area (Å²) in [6.45, 7) is 5.00. The van der Waals surface area contributed by atoms with Crippen molar-refractivity contribution in [1.29, 1.82) is 0 Å². The zero-order chi connectivity index (χ0) is 13.4. The van der Waals surface area contributed by atoms with E-state index in [0.717, 1.165) is 5.56 Å². The molecule has 0 bridgehead atoms. The highest BCUT2D eigenvalue weighted by Gasteiger charge is 2.23. The number of carbonyl (C=O) groups excluding carboxylic acids is 1. The Morgan fingerprint density at radius 2 is 1.76 bits per heavy atom. The third-order valence-corrected chi connectivity index (χ3v) is 4.18. The SMILES string of the molecule is CNC(=O)c1c(C)cc(C)c(S(=O)(=O)Cl)c1C. The molecule has 4 nitrogen and oxygen atoms in total. The number of carbonyl (C=O) groups is 1. The average molecular weight is 276 g/mol. The molecule has 1 N–H and O–H groups in total. The van der Waals surface area contributed by atoms with Gasteiger partial charge in [-0.2, -0.15) is 0 Å². The number of halogens is 1. The van der Waals surface area contributed by atoms with Crippen molar-refractivity contribution in [2.75, 3.05) is 7.05 Å². The quantitative estimate of drug-likeness (QED) is 0.839. The van der Waals surface area contributed by atoms with Crippen molar-refractivity contribution in [1.82, 2.24) is 5.32 Å². The Hall–Kier alpha value is -1.07. The number of benzene rings is 1. The third-order valence-electron chi connectivity index (χ3n) is 2.60. The molecule has 0 atom stereocenters. The largest absolute Gasteiger partial charge is 0.355 e. The third kappa shape index (κ3) is 2.61. The first-order chi connectivity index (χ1) is 7.70. The van der Waals surface area contributed by atoms with Crippen LogP contribution in [-0.2, 0) is 9.05 Å². The van der Waals surface area contributed by atoms with E-state index in [9.17, 15) is 13.2 Å². The lowest BCUT2D eigenvalue weighted by molar-refractivity contribution is 0.0961. The second kappa shape index (κ2) is 4.66. The summed E-state index contributed by atoms with van der Waals surface area (Å²) >= 11 is 0. The highest BCUT2D eigenvalue weighted by molar-refractivity contribution is 8.13. The summed E-state index contributed by atoms with van der Waals surface area (Å²) in [7, 11) is 3.02. The van der Waals surface area contributed by atoms with E-state index < -0.39 is 9.05 Å². The van der Waals surface area contributed by atoms with Crippen LogP contribution in [-0.4, -0.2) is 21.4 Å². The topological polar surface area (TPSA) is 63.2 Å². The molecule has 0 aliphatic rings. The standard InChI is InChI=1S/C11H14ClNO3S/c1-6-5-7(2)10(17(12,15)16)8(3)9(6)11(14)13-4/h5H,1-4H3,(H,13,14). The molecule has 6 heteroatoms. The Labute approximate surface area is 105 Å². The Kier molecular flexibility index (Phi) is 3.84. The molecule has 1 aromatic carbocycles. The Morgan fingerprint density at radius 1 is 1.24 bits per heavy atom. The van der Waals surface area contributed by atoms with Gasteiger partial charge in [-0.05, 0) is 37.5 Å². The summed E-state index contributed by atoms with van der Waals surface area (Å²) in [4.78, 5) is 11.7. The maximum atomic E-state index is 11.7. The van der Waals surface area contributed by atoms with Crippen molar-refractivity contribution < 1.29 is 13.2 Å². The molecule has 17 heavy (non-hydrogen) atoms. The second-order valence-electron chi connectivity index (χ2n) is 3.86. The van der Waals surface area contributed by atoms with Crippen LogP contribution in [0.3, 0.4) is 0 Å². The highest BCUT2D eigenvalue weighted by atomic mass is 35.7. The van der Waals surface area contributed by atoms with Gasteiger partial charge in [-0.15, -0.1) is 0 Å². The van der Waals surface area contributed by atoms with E-state index in [1.165, 1.54) is 7.05 Å². The molecule has 0 saturated heterocycles. The van der Waals surface area contributed by atoms with Gasteiger partial charge < -0.3 is 5.32 Å². The van der Waals surface area contributed by atoms with E-state index >= 15 is 0 Å². The smallest absolute Gasteiger partial charge is 0.261 e. The van der Waals surface area contributed by atoms with Crippen LogP contribution in [0.1, 0.15) is 27.0 Å². The van der Waals surface area contributed by atoms with Crippen molar-refractivity contribution in [2.24, 2.45) is 0 Å². The molecule has 0 saturated carbocycles. The summed E-state index contributed by atoms with van der Waals surface area (Å²) < 4.78 is 23.0. The molecule has 0 aromatic heterocycles. The van der Waals surface area contributed by atoms with Gasteiger partial charge in [-0.25, -0.2) is 8.42 Å². The summed E-state index contributed by atoms with van der Waals surface area (Å²) in [5, 5.41) is 2.48. The van der Waals surface area contributed by atoms with Crippen LogP contribution in [0, 0.1) is 20.8 Å². The number of hydrogen-bond acceptors (Lipinski definition) is 3. The Balaban J connectivity index is 3.73. The van der Waals surface area contributed by atoms with Gasteiger partial charge in [0, 0.05) is 23.3 Å². The van der Waals surface area contributed by atoms with Crippen LogP contribution in [0.25, 0.3) is 0 Å². The molecular formula is C11H14ClNO3S. The van der Waals surface area contributed by atoms with E-state index in [2.05, 4.69) is 5.32 Å². The minimum Gasteiger partial charge on any atom is -0.355 e. The second-order valence-corrected chi connectivity index (χ2v) is 6.36.